The van der Waals surface area contributed by atoms with Crippen LogP contribution < -0.4 is 0 Å². The SMILES string of the molecule is C=C1[C@@H]2C[C@H](OC(C)=O)[C@H]3[C@]4(C)[C@@H](OC(C)=O)C[C@H](O)C(C)(C)[C@H]4C(=O)[C@H](OC(C)=O)[C@]3(C2)[C@H]1O. The fraction of sp³-hybridized carbons (Fsp3) is 0.769. The molecule has 0 aromatic heterocycles. The van der Waals surface area contributed by atoms with Crippen molar-refractivity contribution in [3.8, 4) is 0 Å². The maximum Gasteiger partial charge on any atom is 0.303 e. The summed E-state index contributed by atoms with van der Waals surface area (Å²) in [5.74, 6) is -4.08. The van der Waals surface area contributed by atoms with Crippen molar-refractivity contribution in [1.82, 2.24) is 0 Å². The first-order valence-corrected chi connectivity index (χ1v) is 12.2. The van der Waals surface area contributed by atoms with Crippen molar-refractivity contribution in [2.24, 2.45) is 34.0 Å². The molecule has 0 aliphatic heterocycles. The first-order chi connectivity index (χ1) is 16.1. The van der Waals surface area contributed by atoms with E-state index in [4.69, 9.17) is 14.2 Å². The molecule has 2 N–H and O–H groups in total. The quantitative estimate of drug-likeness (QED) is 0.343. The molecular formula is C26H36O9. The van der Waals surface area contributed by atoms with Gasteiger partial charge in [0.1, 0.15) is 12.2 Å². The van der Waals surface area contributed by atoms with Crippen LogP contribution >= 0.6 is 0 Å². The maximum atomic E-state index is 14.3. The Hall–Kier alpha value is -2.26. The first kappa shape index (κ1) is 25.8. The topological polar surface area (TPSA) is 136 Å². The molecule has 0 aromatic carbocycles. The number of hydrogen-bond donors (Lipinski definition) is 2. The van der Waals surface area contributed by atoms with Crippen LogP contribution in [0.1, 0.15) is 60.8 Å². The van der Waals surface area contributed by atoms with Gasteiger partial charge in [-0.3, -0.25) is 19.2 Å². The zero-order valence-corrected chi connectivity index (χ0v) is 21.2. The van der Waals surface area contributed by atoms with E-state index in [0.29, 0.717) is 18.4 Å². The molecule has 4 aliphatic carbocycles. The lowest BCUT2D eigenvalue weighted by Crippen LogP contribution is -2.76. The number of aliphatic hydroxyl groups excluding tert-OH is 2. The molecule has 4 fully saturated rings. The van der Waals surface area contributed by atoms with E-state index in [1.54, 1.807) is 13.8 Å². The van der Waals surface area contributed by atoms with Crippen molar-refractivity contribution in [3.63, 3.8) is 0 Å². The molecule has 0 radical (unpaired) electrons. The van der Waals surface area contributed by atoms with Crippen molar-refractivity contribution in [2.45, 2.75) is 91.3 Å². The molecule has 4 aliphatic rings. The Morgan fingerprint density at radius 1 is 0.943 bits per heavy atom. The second-order valence-electron chi connectivity index (χ2n) is 11.7. The van der Waals surface area contributed by atoms with Crippen LogP contribution in [0, 0.1) is 34.0 Å². The van der Waals surface area contributed by atoms with Crippen molar-refractivity contribution in [3.05, 3.63) is 12.2 Å². The normalized spacial score (nSPS) is 45.7. The number of aliphatic hydroxyl groups is 2. The monoisotopic (exact) mass is 492 g/mol. The second kappa shape index (κ2) is 8.13. The summed E-state index contributed by atoms with van der Waals surface area (Å²) in [5, 5.41) is 22.7. The van der Waals surface area contributed by atoms with Crippen molar-refractivity contribution in [1.29, 1.82) is 0 Å². The van der Waals surface area contributed by atoms with Gasteiger partial charge >= 0.3 is 17.9 Å². The van der Waals surface area contributed by atoms with Crippen molar-refractivity contribution in [2.75, 3.05) is 0 Å². The van der Waals surface area contributed by atoms with Crippen LogP contribution in [0.2, 0.25) is 0 Å². The van der Waals surface area contributed by atoms with E-state index in [1.807, 2.05) is 6.92 Å². The zero-order chi connectivity index (χ0) is 26.2. The van der Waals surface area contributed by atoms with E-state index in [2.05, 4.69) is 6.58 Å². The third-order valence-corrected chi connectivity index (χ3v) is 9.42. The van der Waals surface area contributed by atoms with E-state index in [1.165, 1.54) is 20.8 Å². The lowest BCUT2D eigenvalue weighted by Gasteiger charge is -2.67. The Morgan fingerprint density at radius 3 is 2.06 bits per heavy atom. The third-order valence-electron chi connectivity index (χ3n) is 9.42. The lowest BCUT2D eigenvalue weighted by atomic mass is 9.38. The number of Topliss-reactive ketones (excluding diaryl/α,β-unsaturated/α-hetero) is 1. The van der Waals surface area contributed by atoms with Gasteiger partial charge < -0.3 is 24.4 Å². The zero-order valence-electron chi connectivity index (χ0n) is 21.2. The molecule has 4 saturated carbocycles. The molecule has 194 valence electrons. The fourth-order valence-electron chi connectivity index (χ4n) is 8.37. The molecule has 0 unspecified atom stereocenters. The number of ketones is 1. The van der Waals surface area contributed by atoms with Crippen LogP contribution in [0.5, 0.6) is 0 Å². The molecule has 2 bridgehead atoms. The number of esters is 3. The summed E-state index contributed by atoms with van der Waals surface area (Å²) >= 11 is 0. The number of hydrogen-bond acceptors (Lipinski definition) is 9. The Labute approximate surface area is 205 Å². The smallest absolute Gasteiger partial charge is 0.303 e. The van der Waals surface area contributed by atoms with Crippen molar-refractivity contribution < 1.29 is 43.6 Å². The van der Waals surface area contributed by atoms with Gasteiger partial charge in [-0.25, -0.2) is 0 Å². The Kier molecular flexibility index (Phi) is 6.00. The highest BCUT2D eigenvalue weighted by molar-refractivity contribution is 5.91. The average molecular weight is 493 g/mol. The standard InChI is InChI=1S/C26H36O9/c1-11-15-8-16(33-12(2)27)20-25(7)18(34-13(3)28)9-17(30)24(5,6)21(25)19(31)23(35-14(4)29)26(20,10-15)22(11)32/h15-18,20-23,30,32H,1,8-10H2,2-7H3/t15-,16+,17+,18+,20+,21-,22+,23+,25+,26+/m1/s1. The molecule has 0 aromatic rings. The van der Waals surface area contributed by atoms with E-state index in [-0.39, 0.29) is 12.3 Å². The minimum atomic E-state index is -1.33. The molecule has 0 saturated heterocycles. The Morgan fingerprint density at radius 2 is 1.51 bits per heavy atom. The largest absolute Gasteiger partial charge is 0.462 e. The van der Waals surface area contributed by atoms with E-state index >= 15 is 0 Å². The number of rotatable bonds is 3. The molecular weight excluding hydrogens is 456 g/mol. The Bertz CT molecular complexity index is 985. The molecule has 0 heterocycles. The van der Waals surface area contributed by atoms with Crippen LogP contribution in [0.3, 0.4) is 0 Å². The van der Waals surface area contributed by atoms with Crippen LogP contribution in [0.15, 0.2) is 12.2 Å². The summed E-state index contributed by atoms with van der Waals surface area (Å²) in [6.07, 6.45) is -4.40. The van der Waals surface area contributed by atoms with Crippen molar-refractivity contribution >= 4 is 23.7 Å². The predicted molar refractivity (Wildman–Crippen MR) is 121 cm³/mol. The number of ether oxygens (including phenoxy) is 3. The fourth-order valence-corrected chi connectivity index (χ4v) is 8.37. The van der Waals surface area contributed by atoms with E-state index in [0.717, 1.165) is 0 Å². The highest BCUT2D eigenvalue weighted by Crippen LogP contribution is 2.72. The summed E-state index contributed by atoms with van der Waals surface area (Å²) in [4.78, 5) is 51.0. The third kappa shape index (κ3) is 3.41. The highest BCUT2D eigenvalue weighted by Gasteiger charge is 2.79. The summed E-state index contributed by atoms with van der Waals surface area (Å²) < 4.78 is 17.3. The van der Waals surface area contributed by atoms with Gasteiger partial charge in [0, 0.05) is 49.9 Å². The lowest BCUT2D eigenvalue weighted by molar-refractivity contribution is -0.276. The molecule has 9 nitrogen and oxygen atoms in total. The number of carbonyl (C=O) groups is 4. The van der Waals surface area contributed by atoms with Gasteiger partial charge in [-0.2, -0.15) is 0 Å². The van der Waals surface area contributed by atoms with Gasteiger partial charge in [0.15, 0.2) is 11.9 Å². The van der Waals surface area contributed by atoms with E-state index in [9.17, 15) is 29.4 Å². The van der Waals surface area contributed by atoms with Gasteiger partial charge in [0.2, 0.25) is 0 Å². The molecule has 1 spiro atoms. The number of fused-ring (bicyclic) bond motifs is 3. The molecule has 9 heteroatoms. The number of carbonyl (C=O) groups excluding carboxylic acids is 4. The van der Waals surface area contributed by atoms with Gasteiger partial charge in [0.05, 0.1) is 17.6 Å². The van der Waals surface area contributed by atoms with Gasteiger partial charge in [-0.1, -0.05) is 27.4 Å². The molecule has 0 amide bonds. The highest BCUT2D eigenvalue weighted by atomic mass is 16.6. The Balaban J connectivity index is 2.03. The average Bonchev–Trinajstić information content (AvgIpc) is 2.90. The summed E-state index contributed by atoms with van der Waals surface area (Å²) in [6, 6.07) is 0. The van der Waals surface area contributed by atoms with E-state index < -0.39 is 82.3 Å². The van der Waals surface area contributed by atoms with Crippen LogP contribution in [-0.2, 0) is 33.4 Å². The summed E-state index contributed by atoms with van der Waals surface area (Å²) in [6.45, 7) is 13.2. The minimum Gasteiger partial charge on any atom is -0.462 e. The molecule has 4 rings (SSSR count). The summed E-state index contributed by atoms with van der Waals surface area (Å²) in [7, 11) is 0. The van der Waals surface area contributed by atoms with Crippen LogP contribution in [-0.4, -0.2) is 64.4 Å². The predicted octanol–water partition coefficient (Wildman–Crippen LogP) is 1.72. The van der Waals surface area contributed by atoms with Crippen LogP contribution in [0.4, 0.5) is 0 Å². The van der Waals surface area contributed by atoms with Gasteiger partial charge in [0.25, 0.3) is 0 Å². The molecule has 10 atom stereocenters. The van der Waals surface area contributed by atoms with Gasteiger partial charge in [-0.05, 0) is 24.3 Å². The second-order valence-corrected chi connectivity index (χ2v) is 11.7. The minimum absolute atomic E-state index is 0.0743. The summed E-state index contributed by atoms with van der Waals surface area (Å²) in [5.41, 5.74) is -2.93. The first-order valence-electron chi connectivity index (χ1n) is 12.2. The van der Waals surface area contributed by atoms with Crippen LogP contribution in [0.25, 0.3) is 0 Å². The van der Waals surface area contributed by atoms with Gasteiger partial charge in [-0.15, -0.1) is 0 Å². The maximum absolute atomic E-state index is 14.3. The molecule has 35 heavy (non-hydrogen) atoms.